The van der Waals surface area contributed by atoms with Gasteiger partial charge in [-0.3, -0.25) is 4.79 Å². The zero-order chi connectivity index (χ0) is 25.1. The Bertz CT molecular complexity index is 1060. The fraction of sp³-hybridized carbons (Fsp3) is 0.375. The molecule has 0 unspecified atom stereocenters. The molecule has 0 aliphatic rings. The molecule has 0 spiro atoms. The molecule has 0 fully saturated rings. The van der Waals surface area contributed by atoms with E-state index in [0.29, 0.717) is 0 Å². The summed E-state index contributed by atoms with van der Waals surface area (Å²) in [7, 11) is -2.53. The molecule has 2 aromatic carbocycles. The molecule has 0 aromatic heterocycles. The summed E-state index contributed by atoms with van der Waals surface area (Å²) >= 11 is 0. The number of sulfone groups is 1. The van der Waals surface area contributed by atoms with Crippen molar-refractivity contribution in [3.8, 4) is 0 Å². The highest BCUT2D eigenvalue weighted by atomic mass is 32.2. The molecule has 0 heterocycles. The van der Waals surface area contributed by atoms with Gasteiger partial charge in [-0.1, -0.05) is 62.4 Å². The minimum absolute atomic E-state index is 0.0290. The highest BCUT2D eigenvalue weighted by Gasteiger charge is 2.30. The lowest BCUT2D eigenvalue weighted by Crippen LogP contribution is -2.54. The molecule has 9 nitrogen and oxygen atoms in total. The topological polar surface area (TPSA) is 128 Å². The van der Waals surface area contributed by atoms with Crippen molar-refractivity contribution in [2.75, 3.05) is 12.9 Å². The van der Waals surface area contributed by atoms with Crippen LogP contribution in [0, 0.1) is 5.92 Å². The second-order valence-corrected chi connectivity index (χ2v) is 10.0. The molecule has 34 heavy (non-hydrogen) atoms. The molecule has 0 radical (unpaired) electrons. The van der Waals surface area contributed by atoms with Crippen LogP contribution in [0.25, 0.3) is 0 Å². The molecule has 2 atom stereocenters. The zero-order valence-electron chi connectivity index (χ0n) is 19.4. The Balaban J connectivity index is 2.01. The van der Waals surface area contributed by atoms with Crippen LogP contribution in [0.15, 0.2) is 65.6 Å². The molecule has 10 heteroatoms. The summed E-state index contributed by atoms with van der Waals surface area (Å²) in [5, 5.41) is 5.01. The van der Waals surface area contributed by atoms with Crippen molar-refractivity contribution in [2.24, 2.45) is 5.92 Å². The van der Waals surface area contributed by atoms with Crippen molar-refractivity contribution in [2.45, 2.75) is 43.9 Å². The number of alkyl carbamates (subject to hydrolysis) is 1. The summed E-state index contributed by atoms with van der Waals surface area (Å²) < 4.78 is 35.0. The molecule has 2 N–H and O–H groups in total. The Hall–Kier alpha value is -3.40. The van der Waals surface area contributed by atoms with Crippen LogP contribution >= 0.6 is 0 Å². The molecular formula is C24H30N2O7S. The van der Waals surface area contributed by atoms with E-state index in [4.69, 9.17) is 9.47 Å². The quantitative estimate of drug-likeness (QED) is 0.463. The number of hydrogen-bond donors (Lipinski definition) is 2. The average molecular weight is 491 g/mol. The van der Waals surface area contributed by atoms with Gasteiger partial charge in [0.1, 0.15) is 18.7 Å². The minimum Gasteiger partial charge on any atom is -0.467 e. The zero-order valence-corrected chi connectivity index (χ0v) is 20.2. The minimum atomic E-state index is -3.67. The van der Waals surface area contributed by atoms with E-state index in [2.05, 4.69) is 10.6 Å². The van der Waals surface area contributed by atoms with Crippen LogP contribution in [0.4, 0.5) is 4.79 Å². The molecule has 0 saturated carbocycles. The maximum Gasteiger partial charge on any atom is 0.408 e. The fourth-order valence-electron chi connectivity index (χ4n) is 3.10. The Labute approximate surface area is 199 Å². The monoisotopic (exact) mass is 490 g/mol. The van der Waals surface area contributed by atoms with Gasteiger partial charge in [-0.25, -0.2) is 18.0 Å². The Kier molecular flexibility index (Phi) is 10.1. The van der Waals surface area contributed by atoms with Crippen LogP contribution in [0.3, 0.4) is 0 Å². The number of ether oxygens (including phenoxy) is 2. The largest absolute Gasteiger partial charge is 0.467 e. The summed E-state index contributed by atoms with van der Waals surface area (Å²) in [5.41, 5.74) is 0.786. The van der Waals surface area contributed by atoms with Crippen LogP contribution in [0.2, 0.25) is 0 Å². The van der Waals surface area contributed by atoms with Gasteiger partial charge in [-0.15, -0.1) is 0 Å². The summed E-state index contributed by atoms with van der Waals surface area (Å²) in [4.78, 5) is 37.5. The van der Waals surface area contributed by atoms with Gasteiger partial charge in [0.2, 0.25) is 5.91 Å². The van der Waals surface area contributed by atoms with Gasteiger partial charge in [0.05, 0.1) is 17.8 Å². The van der Waals surface area contributed by atoms with E-state index >= 15 is 0 Å². The van der Waals surface area contributed by atoms with E-state index in [9.17, 15) is 22.8 Å². The number of hydrogen-bond acceptors (Lipinski definition) is 7. The van der Waals surface area contributed by atoms with Crippen molar-refractivity contribution in [3.63, 3.8) is 0 Å². The number of rotatable bonds is 11. The predicted molar refractivity (Wildman–Crippen MR) is 125 cm³/mol. The first-order chi connectivity index (χ1) is 16.1. The summed E-state index contributed by atoms with van der Waals surface area (Å²) in [5.74, 6) is -2.16. The molecule has 0 aliphatic carbocycles. The van der Waals surface area contributed by atoms with Crippen LogP contribution in [-0.2, 0) is 35.5 Å². The van der Waals surface area contributed by atoms with Crippen molar-refractivity contribution in [1.82, 2.24) is 10.6 Å². The first kappa shape index (κ1) is 26.8. The average Bonchev–Trinajstić information content (AvgIpc) is 2.84. The van der Waals surface area contributed by atoms with Crippen LogP contribution in [0.5, 0.6) is 0 Å². The lowest BCUT2D eigenvalue weighted by atomic mass is 10.0. The number of carbonyl (C=O) groups excluding carboxylic acids is 3. The maximum absolute atomic E-state index is 12.9. The number of esters is 1. The van der Waals surface area contributed by atoms with Gasteiger partial charge in [-0.2, -0.15) is 0 Å². The van der Waals surface area contributed by atoms with Gasteiger partial charge < -0.3 is 20.1 Å². The molecular weight excluding hydrogens is 460 g/mol. The van der Waals surface area contributed by atoms with Gasteiger partial charge in [-0.05, 0) is 30.0 Å². The maximum atomic E-state index is 12.9. The number of nitrogens with one attached hydrogen (secondary N) is 2. The fourth-order valence-corrected chi connectivity index (χ4v) is 4.45. The van der Waals surface area contributed by atoms with Gasteiger partial charge in [0.25, 0.3) is 0 Å². The van der Waals surface area contributed by atoms with Gasteiger partial charge in [0.15, 0.2) is 9.84 Å². The van der Waals surface area contributed by atoms with E-state index in [1.807, 2.05) is 18.2 Å². The van der Waals surface area contributed by atoms with E-state index in [0.717, 1.165) is 12.7 Å². The van der Waals surface area contributed by atoms with Crippen molar-refractivity contribution >= 4 is 27.8 Å². The number of amides is 2. The molecule has 2 rings (SSSR count). The molecule has 0 saturated heterocycles. The Morgan fingerprint density at radius 3 is 2.06 bits per heavy atom. The third-order valence-electron chi connectivity index (χ3n) is 5.02. The van der Waals surface area contributed by atoms with E-state index < -0.39 is 39.9 Å². The highest BCUT2D eigenvalue weighted by Crippen LogP contribution is 2.13. The van der Waals surface area contributed by atoms with Crippen LogP contribution in [0.1, 0.15) is 25.8 Å². The number of methoxy groups -OCH3 is 1. The molecule has 2 amide bonds. The van der Waals surface area contributed by atoms with Crippen LogP contribution < -0.4 is 10.6 Å². The number of carbonyl (C=O) groups is 3. The summed E-state index contributed by atoms with van der Waals surface area (Å²) in [6, 6.07) is 14.6. The second-order valence-electron chi connectivity index (χ2n) is 7.93. The standard InChI is InChI=1S/C24H30N2O7S/c1-17(2)21(26-24(29)33-16-18-10-6-4-7-11-18)22(27)25-20(23(28)32-3)14-15-34(30,31)19-12-8-5-9-13-19/h4-13,17,20-21H,14-16H2,1-3H3,(H,25,27)(H,26,29)/t20-,21+/m1/s1. The lowest BCUT2D eigenvalue weighted by Gasteiger charge is -2.24. The first-order valence-electron chi connectivity index (χ1n) is 10.8. The third kappa shape index (κ3) is 8.18. The molecule has 184 valence electrons. The van der Waals surface area contributed by atoms with E-state index in [1.54, 1.807) is 44.2 Å². The summed E-state index contributed by atoms with van der Waals surface area (Å²) in [6.45, 7) is 3.46. The van der Waals surface area contributed by atoms with Gasteiger partial charge >= 0.3 is 12.1 Å². The molecule has 0 bridgehead atoms. The van der Waals surface area contributed by atoms with E-state index in [1.165, 1.54) is 12.1 Å². The molecule has 0 aliphatic heterocycles. The lowest BCUT2D eigenvalue weighted by molar-refractivity contribution is -0.145. The predicted octanol–water partition coefficient (Wildman–Crippen LogP) is 2.46. The van der Waals surface area contributed by atoms with Gasteiger partial charge in [0, 0.05) is 0 Å². The van der Waals surface area contributed by atoms with E-state index in [-0.39, 0.29) is 29.6 Å². The normalized spacial score (nSPS) is 12.9. The number of benzene rings is 2. The van der Waals surface area contributed by atoms with Crippen molar-refractivity contribution in [3.05, 3.63) is 66.2 Å². The summed E-state index contributed by atoms with van der Waals surface area (Å²) in [6.07, 6.45) is -0.988. The Morgan fingerprint density at radius 2 is 1.50 bits per heavy atom. The van der Waals surface area contributed by atoms with Crippen molar-refractivity contribution < 1.29 is 32.3 Å². The molecule has 2 aromatic rings. The third-order valence-corrected chi connectivity index (χ3v) is 6.78. The first-order valence-corrected chi connectivity index (χ1v) is 12.4. The van der Waals surface area contributed by atoms with Crippen LogP contribution in [-0.4, -0.2) is 51.3 Å². The highest BCUT2D eigenvalue weighted by molar-refractivity contribution is 7.91. The Morgan fingerprint density at radius 1 is 0.912 bits per heavy atom. The SMILES string of the molecule is COC(=O)[C@@H](CCS(=O)(=O)c1ccccc1)NC(=O)[C@@H](NC(=O)OCc1ccccc1)C(C)C. The second kappa shape index (κ2) is 12.7. The smallest absolute Gasteiger partial charge is 0.408 e. The van der Waals surface area contributed by atoms with Crippen molar-refractivity contribution in [1.29, 1.82) is 0 Å².